The third-order valence-electron chi connectivity index (χ3n) is 5.40. The van der Waals surface area contributed by atoms with E-state index in [1.165, 1.54) is 31.4 Å². The number of rotatable bonds is 9. The molecule has 8 heteroatoms. The third kappa shape index (κ3) is 7.09. The van der Waals surface area contributed by atoms with Gasteiger partial charge in [-0.15, -0.1) is 24.0 Å². The number of guanidine groups is 1. The molecule has 0 aliphatic heterocycles. The van der Waals surface area contributed by atoms with Gasteiger partial charge in [-0.25, -0.2) is 9.37 Å². The van der Waals surface area contributed by atoms with E-state index in [4.69, 9.17) is 9.47 Å². The molecule has 1 aliphatic rings. The van der Waals surface area contributed by atoms with Gasteiger partial charge in [0.2, 0.25) is 5.88 Å². The van der Waals surface area contributed by atoms with Crippen LogP contribution in [-0.4, -0.2) is 38.3 Å². The molecule has 0 atom stereocenters. The minimum atomic E-state index is -0.298. The van der Waals surface area contributed by atoms with Gasteiger partial charge in [0.15, 0.2) is 5.96 Å². The van der Waals surface area contributed by atoms with Crippen molar-refractivity contribution in [3.05, 3.63) is 54.0 Å². The summed E-state index contributed by atoms with van der Waals surface area (Å²) in [4.78, 5) is 8.54. The first-order valence-corrected chi connectivity index (χ1v) is 9.94. The van der Waals surface area contributed by atoms with Gasteiger partial charge in [0.05, 0.1) is 0 Å². The number of ether oxygens (including phenoxy) is 2. The molecule has 1 heterocycles. The lowest BCUT2D eigenvalue weighted by Gasteiger charge is -2.42. The van der Waals surface area contributed by atoms with Crippen molar-refractivity contribution in [1.29, 1.82) is 0 Å². The van der Waals surface area contributed by atoms with Gasteiger partial charge in [0.1, 0.15) is 11.6 Å². The van der Waals surface area contributed by atoms with Gasteiger partial charge in [-0.2, -0.15) is 0 Å². The Morgan fingerprint density at radius 1 is 1.20 bits per heavy atom. The van der Waals surface area contributed by atoms with Gasteiger partial charge in [0, 0.05) is 46.1 Å². The fourth-order valence-electron chi connectivity index (χ4n) is 3.43. The number of halogens is 2. The lowest BCUT2D eigenvalue weighted by atomic mass is 9.67. The van der Waals surface area contributed by atoms with Crippen LogP contribution >= 0.6 is 24.0 Å². The van der Waals surface area contributed by atoms with Gasteiger partial charge in [-0.05, 0) is 60.6 Å². The van der Waals surface area contributed by atoms with E-state index in [1.54, 1.807) is 32.5 Å². The van der Waals surface area contributed by atoms with E-state index in [0.29, 0.717) is 23.6 Å². The van der Waals surface area contributed by atoms with Crippen molar-refractivity contribution in [2.45, 2.75) is 32.2 Å². The fraction of sp³-hybridized carbons (Fsp3) is 0.455. The van der Waals surface area contributed by atoms with Gasteiger partial charge in [-0.3, -0.25) is 4.99 Å². The van der Waals surface area contributed by atoms with E-state index >= 15 is 0 Å². The normalized spacial score (nSPS) is 15.0. The quantitative estimate of drug-likeness (QED) is 0.285. The van der Waals surface area contributed by atoms with E-state index < -0.39 is 0 Å². The molecule has 2 N–H and O–H groups in total. The molecule has 6 nitrogen and oxygen atoms in total. The summed E-state index contributed by atoms with van der Waals surface area (Å²) in [6, 6.07) is 9.65. The molecular formula is C22H30FIN4O2. The van der Waals surface area contributed by atoms with Crippen molar-refractivity contribution in [3.63, 3.8) is 0 Å². The number of benzene rings is 1. The van der Waals surface area contributed by atoms with Crippen molar-refractivity contribution >= 4 is 29.9 Å². The molecule has 0 bridgehead atoms. The summed E-state index contributed by atoms with van der Waals surface area (Å²) in [7, 11) is 3.52. The largest absolute Gasteiger partial charge is 0.439 e. The Morgan fingerprint density at radius 3 is 2.60 bits per heavy atom. The average molecular weight is 528 g/mol. The molecule has 1 aliphatic carbocycles. The van der Waals surface area contributed by atoms with E-state index in [9.17, 15) is 4.39 Å². The predicted octanol–water partition coefficient (Wildman–Crippen LogP) is 4.50. The first kappa shape index (κ1) is 24.3. The number of nitrogens with zero attached hydrogens (tertiary/aromatic N) is 2. The van der Waals surface area contributed by atoms with Crippen molar-refractivity contribution in [2.24, 2.45) is 10.4 Å². The molecule has 2 aromatic rings. The van der Waals surface area contributed by atoms with Crippen LogP contribution in [0.3, 0.4) is 0 Å². The standard InChI is InChI=1S/C22H29FN4O2.HI/c1-24-21(27-16-22(9-3-10-22)11-13-28-2)26-15-17-8-12-25-20(14-17)29-19-6-4-18(23)5-7-19;/h4-8,12,14H,3,9-11,13,15-16H2,1-2H3,(H2,24,26,27);1H. The zero-order valence-corrected chi connectivity index (χ0v) is 19.8. The summed E-state index contributed by atoms with van der Waals surface area (Å²) in [5.74, 6) is 1.48. The molecule has 1 fully saturated rings. The topological polar surface area (TPSA) is 67.8 Å². The lowest BCUT2D eigenvalue weighted by molar-refractivity contribution is 0.0732. The van der Waals surface area contributed by atoms with Crippen molar-refractivity contribution < 1.29 is 13.9 Å². The van der Waals surface area contributed by atoms with Crippen LogP contribution in [0.15, 0.2) is 47.6 Å². The monoisotopic (exact) mass is 528 g/mol. The maximum absolute atomic E-state index is 13.0. The van der Waals surface area contributed by atoms with Crippen LogP contribution in [0.25, 0.3) is 0 Å². The number of hydrogen-bond acceptors (Lipinski definition) is 4. The van der Waals surface area contributed by atoms with Crippen LogP contribution < -0.4 is 15.4 Å². The van der Waals surface area contributed by atoms with Crippen molar-refractivity contribution in [3.8, 4) is 11.6 Å². The molecule has 0 spiro atoms. The first-order chi connectivity index (χ1) is 14.1. The zero-order valence-electron chi connectivity index (χ0n) is 17.5. The lowest BCUT2D eigenvalue weighted by Crippen LogP contribution is -2.46. The van der Waals surface area contributed by atoms with E-state index in [-0.39, 0.29) is 29.8 Å². The van der Waals surface area contributed by atoms with Crippen LogP contribution in [-0.2, 0) is 11.3 Å². The van der Waals surface area contributed by atoms with Crippen LogP contribution in [0.4, 0.5) is 4.39 Å². The van der Waals surface area contributed by atoms with E-state index in [0.717, 1.165) is 31.1 Å². The maximum Gasteiger partial charge on any atom is 0.219 e. The minimum absolute atomic E-state index is 0. The zero-order chi connectivity index (χ0) is 20.5. The molecule has 0 unspecified atom stereocenters. The van der Waals surface area contributed by atoms with Gasteiger partial charge in [0.25, 0.3) is 0 Å². The molecule has 0 amide bonds. The highest BCUT2D eigenvalue weighted by atomic mass is 127. The Hall–Kier alpha value is -1.94. The smallest absolute Gasteiger partial charge is 0.219 e. The Balaban J connectivity index is 0.00000320. The minimum Gasteiger partial charge on any atom is -0.439 e. The Bertz CT molecular complexity index is 813. The SMILES string of the molecule is CN=C(NCc1ccnc(Oc2ccc(F)cc2)c1)NCC1(CCOC)CCC1.I. The number of methoxy groups -OCH3 is 1. The average Bonchev–Trinajstić information content (AvgIpc) is 2.71. The maximum atomic E-state index is 13.0. The fourth-order valence-corrected chi connectivity index (χ4v) is 3.43. The first-order valence-electron chi connectivity index (χ1n) is 9.94. The summed E-state index contributed by atoms with van der Waals surface area (Å²) in [5.41, 5.74) is 1.33. The molecular weight excluding hydrogens is 498 g/mol. The molecule has 1 aromatic carbocycles. The molecule has 1 aromatic heterocycles. The predicted molar refractivity (Wildman–Crippen MR) is 127 cm³/mol. The van der Waals surface area contributed by atoms with Crippen molar-refractivity contribution in [2.75, 3.05) is 27.3 Å². The Kier molecular flexibility index (Phi) is 9.77. The van der Waals surface area contributed by atoms with E-state index in [2.05, 4.69) is 20.6 Å². The molecule has 164 valence electrons. The highest BCUT2D eigenvalue weighted by molar-refractivity contribution is 14.0. The highest BCUT2D eigenvalue weighted by Gasteiger charge is 2.36. The van der Waals surface area contributed by atoms with Crippen LogP contribution in [0, 0.1) is 11.2 Å². The second-order valence-electron chi connectivity index (χ2n) is 7.43. The van der Waals surface area contributed by atoms with Gasteiger partial charge >= 0.3 is 0 Å². The molecule has 0 saturated heterocycles. The molecule has 1 saturated carbocycles. The van der Waals surface area contributed by atoms with Gasteiger partial charge < -0.3 is 20.1 Å². The summed E-state index contributed by atoms with van der Waals surface area (Å²) < 4.78 is 24.0. The number of pyridine rings is 1. The van der Waals surface area contributed by atoms with Crippen LogP contribution in [0.1, 0.15) is 31.2 Å². The second-order valence-corrected chi connectivity index (χ2v) is 7.43. The Morgan fingerprint density at radius 2 is 1.97 bits per heavy atom. The summed E-state index contributed by atoms with van der Waals surface area (Å²) in [5, 5.41) is 6.79. The summed E-state index contributed by atoms with van der Waals surface area (Å²) in [6.45, 7) is 2.28. The number of hydrogen-bond donors (Lipinski definition) is 2. The van der Waals surface area contributed by atoms with Crippen LogP contribution in [0.5, 0.6) is 11.6 Å². The van der Waals surface area contributed by atoms with Crippen LogP contribution in [0.2, 0.25) is 0 Å². The van der Waals surface area contributed by atoms with Crippen molar-refractivity contribution in [1.82, 2.24) is 15.6 Å². The summed E-state index contributed by atoms with van der Waals surface area (Å²) >= 11 is 0. The molecule has 0 radical (unpaired) electrons. The second kappa shape index (κ2) is 12.0. The Labute approximate surface area is 194 Å². The van der Waals surface area contributed by atoms with Gasteiger partial charge in [-0.1, -0.05) is 6.42 Å². The third-order valence-corrected chi connectivity index (χ3v) is 5.40. The highest BCUT2D eigenvalue weighted by Crippen LogP contribution is 2.43. The summed E-state index contributed by atoms with van der Waals surface area (Å²) in [6.07, 6.45) is 6.51. The molecule has 3 rings (SSSR count). The number of aromatic nitrogens is 1. The number of nitrogens with one attached hydrogen (secondary N) is 2. The number of aliphatic imine (C=N–C) groups is 1. The molecule has 30 heavy (non-hydrogen) atoms. The van der Waals surface area contributed by atoms with E-state index in [1.807, 2.05) is 12.1 Å².